The van der Waals surface area contributed by atoms with E-state index in [0.717, 1.165) is 19.5 Å². The van der Waals surface area contributed by atoms with Crippen molar-refractivity contribution in [1.29, 1.82) is 0 Å². The van der Waals surface area contributed by atoms with Gasteiger partial charge < -0.3 is 15.4 Å². The zero-order valence-electron chi connectivity index (χ0n) is 12.1. The van der Waals surface area contributed by atoms with Crippen molar-refractivity contribution in [3.05, 3.63) is 0 Å². The molecule has 0 aliphatic carbocycles. The van der Waals surface area contributed by atoms with Crippen molar-refractivity contribution in [2.45, 2.75) is 52.1 Å². The van der Waals surface area contributed by atoms with Gasteiger partial charge in [-0.3, -0.25) is 4.79 Å². The van der Waals surface area contributed by atoms with Crippen LogP contribution in [0.1, 0.15) is 46.5 Å². The molecule has 106 valence electrons. The summed E-state index contributed by atoms with van der Waals surface area (Å²) in [6.45, 7) is 10.2. The number of ether oxygens (including phenoxy) is 1. The molecule has 18 heavy (non-hydrogen) atoms. The molecule has 2 saturated heterocycles. The maximum absolute atomic E-state index is 11.4. The molecule has 2 heterocycles. The van der Waals surface area contributed by atoms with E-state index in [1.807, 2.05) is 20.8 Å². The van der Waals surface area contributed by atoms with Crippen LogP contribution < -0.4 is 10.6 Å². The van der Waals surface area contributed by atoms with Gasteiger partial charge in [0.2, 0.25) is 0 Å². The maximum Gasteiger partial charge on any atom is 0.306 e. The molecule has 2 N–H and O–H groups in total. The Hall–Kier alpha value is -0.610. The summed E-state index contributed by atoms with van der Waals surface area (Å²) in [5.41, 5.74) is -0.344. The topological polar surface area (TPSA) is 50.4 Å². The van der Waals surface area contributed by atoms with Crippen molar-refractivity contribution in [3.8, 4) is 0 Å². The number of rotatable bonds is 2. The Morgan fingerprint density at radius 2 is 1.83 bits per heavy atom. The summed E-state index contributed by atoms with van der Waals surface area (Å²) < 4.78 is 5.23. The molecule has 2 aliphatic rings. The average Bonchev–Trinajstić information content (AvgIpc) is 2.88. The lowest BCUT2D eigenvalue weighted by atomic mass is 10.1. The quantitative estimate of drug-likeness (QED) is 0.738. The van der Waals surface area contributed by atoms with Gasteiger partial charge in [0.05, 0.1) is 0 Å². The van der Waals surface area contributed by atoms with Crippen molar-refractivity contribution in [1.82, 2.24) is 10.6 Å². The minimum atomic E-state index is -0.344. The number of carbonyl (C=O) groups excluding carboxylic acids is 1. The highest BCUT2D eigenvalue weighted by Crippen LogP contribution is 2.16. The second-order valence-corrected chi connectivity index (χ2v) is 6.11. The summed E-state index contributed by atoms with van der Waals surface area (Å²) in [6, 6.07) is 0. The fraction of sp³-hybridized carbons (Fsp3) is 0.929. The fourth-order valence-electron chi connectivity index (χ4n) is 2.13. The lowest BCUT2D eigenvalue weighted by Crippen LogP contribution is -2.25. The van der Waals surface area contributed by atoms with Gasteiger partial charge in [0.15, 0.2) is 0 Å². The molecule has 0 spiro atoms. The van der Waals surface area contributed by atoms with Crippen molar-refractivity contribution in [3.63, 3.8) is 0 Å². The van der Waals surface area contributed by atoms with Crippen molar-refractivity contribution in [2.75, 3.05) is 26.2 Å². The van der Waals surface area contributed by atoms with Crippen LogP contribution in [0.5, 0.6) is 0 Å². The Labute approximate surface area is 111 Å². The maximum atomic E-state index is 11.4. The number of esters is 1. The first kappa shape index (κ1) is 15.4. The number of carbonyl (C=O) groups is 1. The van der Waals surface area contributed by atoms with Gasteiger partial charge in [0, 0.05) is 6.42 Å². The molecule has 0 radical (unpaired) electrons. The number of hydrogen-bond acceptors (Lipinski definition) is 4. The van der Waals surface area contributed by atoms with E-state index in [1.54, 1.807) is 0 Å². The molecule has 2 rings (SSSR count). The molecule has 0 aromatic heterocycles. The molecule has 4 heteroatoms. The van der Waals surface area contributed by atoms with Crippen LogP contribution in [0.25, 0.3) is 0 Å². The second kappa shape index (κ2) is 7.74. The lowest BCUT2D eigenvalue weighted by Gasteiger charge is -2.20. The van der Waals surface area contributed by atoms with E-state index < -0.39 is 0 Å². The van der Waals surface area contributed by atoms with Gasteiger partial charge in [-0.05, 0) is 72.1 Å². The third-order valence-electron chi connectivity index (χ3n) is 2.99. The first-order valence-electron chi connectivity index (χ1n) is 7.10. The highest BCUT2D eigenvalue weighted by molar-refractivity contribution is 5.70. The summed E-state index contributed by atoms with van der Waals surface area (Å²) in [6.07, 6.45) is 4.43. The lowest BCUT2D eigenvalue weighted by molar-refractivity contribution is -0.155. The van der Waals surface area contributed by atoms with E-state index in [1.165, 1.54) is 25.9 Å². The van der Waals surface area contributed by atoms with E-state index >= 15 is 0 Å². The predicted octanol–water partition coefficient (Wildman–Crippen LogP) is 1.70. The molecule has 0 bridgehead atoms. The van der Waals surface area contributed by atoms with Gasteiger partial charge in [-0.25, -0.2) is 0 Å². The van der Waals surface area contributed by atoms with Crippen molar-refractivity contribution >= 4 is 5.97 Å². The van der Waals surface area contributed by atoms with Gasteiger partial charge in [-0.2, -0.15) is 0 Å². The summed E-state index contributed by atoms with van der Waals surface area (Å²) in [5, 5.41) is 6.45. The average molecular weight is 256 g/mol. The minimum absolute atomic E-state index is 0.0683. The van der Waals surface area contributed by atoms with E-state index in [0.29, 0.717) is 12.3 Å². The van der Waals surface area contributed by atoms with Gasteiger partial charge >= 0.3 is 5.97 Å². The molecule has 0 aromatic carbocycles. The summed E-state index contributed by atoms with van der Waals surface area (Å²) in [4.78, 5) is 11.4. The number of nitrogens with one attached hydrogen (secondary N) is 2. The van der Waals surface area contributed by atoms with Crippen LogP contribution in [0.3, 0.4) is 0 Å². The van der Waals surface area contributed by atoms with E-state index in [4.69, 9.17) is 4.74 Å². The Balaban J connectivity index is 0.000000269. The monoisotopic (exact) mass is 256 g/mol. The van der Waals surface area contributed by atoms with Crippen LogP contribution in [0, 0.1) is 5.92 Å². The molecular formula is C14H28N2O2. The van der Waals surface area contributed by atoms with Gasteiger partial charge in [0.1, 0.15) is 5.60 Å². The highest BCUT2D eigenvalue weighted by atomic mass is 16.6. The molecule has 0 saturated carbocycles. The molecule has 0 amide bonds. The normalized spacial score (nSPS) is 23.4. The first-order chi connectivity index (χ1) is 8.47. The highest BCUT2D eigenvalue weighted by Gasteiger charge is 2.22. The second-order valence-electron chi connectivity index (χ2n) is 6.11. The van der Waals surface area contributed by atoms with Crippen LogP contribution >= 0.6 is 0 Å². The van der Waals surface area contributed by atoms with E-state index in [-0.39, 0.29) is 11.6 Å². The predicted molar refractivity (Wildman–Crippen MR) is 73.5 cm³/mol. The Kier molecular flexibility index (Phi) is 6.65. The third-order valence-corrected chi connectivity index (χ3v) is 2.99. The SMILES string of the molecule is C1CCNC1.CC(C)(C)OC(=O)CC1CCNC1. The number of hydrogen-bond donors (Lipinski definition) is 2. The molecule has 4 nitrogen and oxygen atoms in total. The molecule has 1 atom stereocenters. The molecule has 0 aromatic rings. The minimum Gasteiger partial charge on any atom is -0.460 e. The first-order valence-corrected chi connectivity index (χ1v) is 7.10. The largest absolute Gasteiger partial charge is 0.460 e. The van der Waals surface area contributed by atoms with Gasteiger partial charge in [-0.1, -0.05) is 0 Å². The van der Waals surface area contributed by atoms with Crippen molar-refractivity contribution < 1.29 is 9.53 Å². The van der Waals surface area contributed by atoms with Crippen LogP contribution in [0.15, 0.2) is 0 Å². The van der Waals surface area contributed by atoms with E-state index in [9.17, 15) is 4.79 Å². The van der Waals surface area contributed by atoms with Crippen LogP contribution in [0.4, 0.5) is 0 Å². The van der Waals surface area contributed by atoms with E-state index in [2.05, 4.69) is 10.6 Å². The summed E-state index contributed by atoms with van der Waals surface area (Å²) in [7, 11) is 0. The molecule has 1 unspecified atom stereocenters. The fourth-order valence-corrected chi connectivity index (χ4v) is 2.13. The summed E-state index contributed by atoms with van der Waals surface area (Å²) in [5.74, 6) is 0.413. The molecular weight excluding hydrogens is 228 g/mol. The van der Waals surface area contributed by atoms with Crippen molar-refractivity contribution in [2.24, 2.45) is 5.92 Å². The standard InChI is InChI=1S/C10H19NO2.C4H9N/c1-10(2,3)13-9(12)6-8-4-5-11-7-8;1-2-4-5-3-1/h8,11H,4-7H2,1-3H3;5H,1-4H2. The zero-order chi connectivity index (χ0) is 13.4. The Bertz CT molecular complexity index is 231. The molecule has 2 aliphatic heterocycles. The van der Waals surface area contributed by atoms with Gasteiger partial charge in [-0.15, -0.1) is 0 Å². The smallest absolute Gasteiger partial charge is 0.306 e. The van der Waals surface area contributed by atoms with Crippen LogP contribution in [0.2, 0.25) is 0 Å². The van der Waals surface area contributed by atoms with Gasteiger partial charge in [0.25, 0.3) is 0 Å². The summed E-state index contributed by atoms with van der Waals surface area (Å²) >= 11 is 0. The Morgan fingerprint density at radius 1 is 1.17 bits per heavy atom. The molecule has 2 fully saturated rings. The Morgan fingerprint density at radius 3 is 2.22 bits per heavy atom. The third kappa shape index (κ3) is 7.67. The van der Waals surface area contributed by atoms with Crippen LogP contribution in [-0.2, 0) is 9.53 Å². The zero-order valence-corrected chi connectivity index (χ0v) is 12.1. The van der Waals surface area contributed by atoms with Crippen LogP contribution in [-0.4, -0.2) is 37.7 Å².